The molecule has 1 aliphatic rings. The molecule has 0 radical (unpaired) electrons. The molecule has 0 aliphatic heterocycles. The Kier molecular flexibility index (Phi) is 5.33. The number of rotatable bonds is 8. The first-order valence-electron chi connectivity index (χ1n) is 7.08. The van der Waals surface area contributed by atoms with Crippen molar-refractivity contribution in [2.45, 2.75) is 44.4 Å². The molecule has 0 saturated heterocycles. The maximum Gasteiger partial charge on any atom is 0.389 e. The van der Waals surface area contributed by atoms with Gasteiger partial charge in [-0.1, -0.05) is 0 Å². The van der Waals surface area contributed by atoms with Gasteiger partial charge in [0.15, 0.2) is 0 Å². The maximum atomic E-state index is 12.1. The number of halogens is 3. The van der Waals surface area contributed by atoms with Gasteiger partial charge in [0.25, 0.3) is 0 Å². The molecular formula is C15H20F3NO2. The van der Waals surface area contributed by atoms with Crippen molar-refractivity contribution < 1.29 is 22.6 Å². The molecule has 0 amide bonds. The molecule has 2 rings (SSSR count). The molecule has 1 aromatic carbocycles. The molecule has 118 valence electrons. The highest BCUT2D eigenvalue weighted by atomic mass is 19.4. The van der Waals surface area contributed by atoms with Crippen molar-refractivity contribution in [3.8, 4) is 11.5 Å². The molecule has 3 nitrogen and oxygen atoms in total. The molecule has 21 heavy (non-hydrogen) atoms. The third kappa shape index (κ3) is 5.83. The predicted octanol–water partition coefficient (Wildman–Crippen LogP) is 3.67. The molecule has 1 aromatic rings. The first-order valence-corrected chi connectivity index (χ1v) is 7.08. The Morgan fingerprint density at radius 1 is 1.29 bits per heavy atom. The van der Waals surface area contributed by atoms with Crippen LogP contribution in [0, 0.1) is 0 Å². The Morgan fingerprint density at radius 3 is 2.67 bits per heavy atom. The fourth-order valence-electron chi connectivity index (χ4n) is 1.96. The summed E-state index contributed by atoms with van der Waals surface area (Å²) in [5.41, 5.74) is 0.910. The van der Waals surface area contributed by atoms with Gasteiger partial charge >= 0.3 is 6.18 Å². The smallest absolute Gasteiger partial charge is 0.389 e. The van der Waals surface area contributed by atoms with E-state index in [0.717, 1.165) is 5.56 Å². The van der Waals surface area contributed by atoms with Crippen molar-refractivity contribution in [3.63, 3.8) is 0 Å². The average Bonchev–Trinajstić information content (AvgIpc) is 3.25. The van der Waals surface area contributed by atoms with Gasteiger partial charge in [0.05, 0.1) is 13.7 Å². The zero-order chi connectivity index (χ0) is 15.3. The minimum absolute atomic E-state index is 0.0367. The number of hydrogen-bond acceptors (Lipinski definition) is 3. The number of alkyl halides is 3. The van der Waals surface area contributed by atoms with Crippen LogP contribution in [-0.4, -0.2) is 25.9 Å². The van der Waals surface area contributed by atoms with Gasteiger partial charge in [0.1, 0.15) is 11.5 Å². The van der Waals surface area contributed by atoms with E-state index in [1.165, 1.54) is 12.8 Å². The molecule has 1 N–H and O–H groups in total. The lowest BCUT2D eigenvalue weighted by Gasteiger charge is -2.14. The molecule has 1 saturated carbocycles. The number of methoxy groups -OCH3 is 1. The molecule has 0 heterocycles. The van der Waals surface area contributed by atoms with Crippen LogP contribution < -0.4 is 14.8 Å². The van der Waals surface area contributed by atoms with E-state index in [1.54, 1.807) is 19.2 Å². The van der Waals surface area contributed by atoms with Gasteiger partial charge in [-0.05, 0) is 37.5 Å². The van der Waals surface area contributed by atoms with Crippen LogP contribution >= 0.6 is 0 Å². The van der Waals surface area contributed by atoms with Crippen LogP contribution in [0.2, 0.25) is 0 Å². The Morgan fingerprint density at radius 2 is 2.05 bits per heavy atom. The summed E-state index contributed by atoms with van der Waals surface area (Å²) in [5.74, 6) is 1.33. The monoisotopic (exact) mass is 303 g/mol. The van der Waals surface area contributed by atoms with E-state index in [2.05, 4.69) is 5.32 Å². The standard InChI is InChI=1S/C15H20F3NO2/c1-20-13-5-6-14(21-8-2-7-15(16,17)18)11(9-13)10-19-12-3-4-12/h5-6,9,12,19H,2-4,7-8,10H2,1H3. The van der Waals surface area contributed by atoms with E-state index in [9.17, 15) is 13.2 Å². The van der Waals surface area contributed by atoms with E-state index in [-0.39, 0.29) is 13.0 Å². The van der Waals surface area contributed by atoms with Crippen molar-refractivity contribution in [2.75, 3.05) is 13.7 Å². The number of benzene rings is 1. The largest absolute Gasteiger partial charge is 0.497 e. The van der Waals surface area contributed by atoms with Crippen molar-refractivity contribution in [2.24, 2.45) is 0 Å². The van der Waals surface area contributed by atoms with Gasteiger partial charge in [-0.3, -0.25) is 0 Å². The Balaban J connectivity index is 1.89. The van der Waals surface area contributed by atoms with E-state index >= 15 is 0 Å². The van der Waals surface area contributed by atoms with Crippen LogP contribution in [0.25, 0.3) is 0 Å². The third-order valence-corrected chi connectivity index (χ3v) is 3.29. The SMILES string of the molecule is COc1ccc(OCCCC(F)(F)F)c(CNC2CC2)c1. The van der Waals surface area contributed by atoms with Crippen molar-refractivity contribution >= 4 is 0 Å². The molecule has 0 aromatic heterocycles. The van der Waals surface area contributed by atoms with Gasteiger partial charge in [-0.25, -0.2) is 0 Å². The molecule has 0 bridgehead atoms. The Labute approximate surface area is 122 Å². The molecule has 0 atom stereocenters. The van der Waals surface area contributed by atoms with Crippen LogP contribution in [0.1, 0.15) is 31.2 Å². The summed E-state index contributed by atoms with van der Waals surface area (Å²) in [4.78, 5) is 0. The van der Waals surface area contributed by atoms with Gasteiger partial charge in [0.2, 0.25) is 0 Å². The summed E-state index contributed by atoms with van der Waals surface area (Å²) in [7, 11) is 1.58. The highest BCUT2D eigenvalue weighted by molar-refractivity contribution is 5.40. The van der Waals surface area contributed by atoms with Crippen molar-refractivity contribution in [1.29, 1.82) is 0 Å². The predicted molar refractivity (Wildman–Crippen MR) is 73.6 cm³/mol. The second-order valence-electron chi connectivity index (χ2n) is 5.20. The first-order chi connectivity index (χ1) is 9.98. The van der Waals surface area contributed by atoms with E-state index in [4.69, 9.17) is 9.47 Å². The maximum absolute atomic E-state index is 12.1. The topological polar surface area (TPSA) is 30.5 Å². The lowest BCUT2D eigenvalue weighted by atomic mass is 10.2. The van der Waals surface area contributed by atoms with Gasteiger partial charge < -0.3 is 14.8 Å². The second kappa shape index (κ2) is 7.02. The molecule has 0 unspecified atom stereocenters. The summed E-state index contributed by atoms with van der Waals surface area (Å²) in [6.07, 6.45) is -2.64. The second-order valence-corrected chi connectivity index (χ2v) is 5.20. The third-order valence-electron chi connectivity index (χ3n) is 3.29. The minimum atomic E-state index is -4.13. The van der Waals surface area contributed by atoms with E-state index in [0.29, 0.717) is 24.1 Å². The molecule has 0 spiro atoms. The van der Waals surface area contributed by atoms with Crippen LogP contribution in [-0.2, 0) is 6.54 Å². The number of ether oxygens (including phenoxy) is 2. The zero-order valence-electron chi connectivity index (χ0n) is 12.0. The van der Waals surface area contributed by atoms with E-state index < -0.39 is 12.6 Å². The first kappa shape index (κ1) is 15.9. The van der Waals surface area contributed by atoms with Gasteiger partial charge in [0, 0.05) is 24.6 Å². The normalized spacial score (nSPS) is 15.0. The summed E-state index contributed by atoms with van der Waals surface area (Å²) >= 11 is 0. The van der Waals surface area contributed by atoms with Crippen LogP contribution in [0.5, 0.6) is 11.5 Å². The highest BCUT2D eigenvalue weighted by Crippen LogP contribution is 2.27. The van der Waals surface area contributed by atoms with Crippen molar-refractivity contribution in [3.05, 3.63) is 23.8 Å². The Bertz CT molecular complexity index is 459. The summed E-state index contributed by atoms with van der Waals surface area (Å²) in [6.45, 7) is 0.693. The quantitative estimate of drug-likeness (QED) is 0.743. The van der Waals surface area contributed by atoms with Crippen molar-refractivity contribution in [1.82, 2.24) is 5.32 Å². The van der Waals surface area contributed by atoms with Crippen LogP contribution in [0.3, 0.4) is 0 Å². The molecule has 1 fully saturated rings. The lowest BCUT2D eigenvalue weighted by Crippen LogP contribution is -2.16. The summed E-state index contributed by atoms with van der Waals surface area (Å²) in [6, 6.07) is 5.90. The number of nitrogens with one attached hydrogen (secondary N) is 1. The number of hydrogen-bond donors (Lipinski definition) is 1. The van der Waals surface area contributed by atoms with Crippen LogP contribution in [0.15, 0.2) is 18.2 Å². The molecule has 1 aliphatic carbocycles. The van der Waals surface area contributed by atoms with Gasteiger partial charge in [-0.2, -0.15) is 13.2 Å². The summed E-state index contributed by atoms with van der Waals surface area (Å²) < 4.78 is 46.9. The highest BCUT2D eigenvalue weighted by Gasteiger charge is 2.26. The van der Waals surface area contributed by atoms with Gasteiger partial charge in [-0.15, -0.1) is 0 Å². The summed E-state index contributed by atoms with van der Waals surface area (Å²) in [5, 5.41) is 3.36. The zero-order valence-corrected chi connectivity index (χ0v) is 12.0. The fourth-order valence-corrected chi connectivity index (χ4v) is 1.96. The van der Waals surface area contributed by atoms with E-state index in [1.807, 2.05) is 6.07 Å². The average molecular weight is 303 g/mol. The molecular weight excluding hydrogens is 283 g/mol. The lowest BCUT2D eigenvalue weighted by molar-refractivity contribution is -0.136. The Hall–Kier alpha value is -1.43. The fraction of sp³-hybridized carbons (Fsp3) is 0.600. The minimum Gasteiger partial charge on any atom is -0.497 e. The van der Waals surface area contributed by atoms with Crippen LogP contribution in [0.4, 0.5) is 13.2 Å². The molecule has 6 heteroatoms.